The zero-order chi connectivity index (χ0) is 18.8. The molecular formula is C18H20ClF2N5. The van der Waals surface area contributed by atoms with Crippen molar-refractivity contribution in [3.05, 3.63) is 51.9 Å². The Balaban J connectivity index is 1.99. The van der Waals surface area contributed by atoms with E-state index in [0.29, 0.717) is 24.2 Å². The molecule has 26 heavy (non-hydrogen) atoms. The van der Waals surface area contributed by atoms with Crippen LogP contribution in [0.2, 0.25) is 5.28 Å². The van der Waals surface area contributed by atoms with E-state index >= 15 is 0 Å². The van der Waals surface area contributed by atoms with Gasteiger partial charge in [-0.2, -0.15) is 4.98 Å². The lowest BCUT2D eigenvalue weighted by atomic mass is 10.0. The summed E-state index contributed by atoms with van der Waals surface area (Å²) in [5, 5.41) is 7.49. The lowest BCUT2D eigenvalue weighted by molar-refractivity contribution is 0.341. The molecule has 0 aliphatic heterocycles. The van der Waals surface area contributed by atoms with E-state index in [1.54, 1.807) is 17.5 Å². The lowest BCUT2D eigenvalue weighted by Crippen LogP contribution is -2.08. The molecule has 1 unspecified atom stereocenters. The van der Waals surface area contributed by atoms with Crippen LogP contribution in [0.3, 0.4) is 0 Å². The maximum Gasteiger partial charge on any atom is 0.243 e. The molecule has 0 aliphatic rings. The van der Waals surface area contributed by atoms with Crippen LogP contribution >= 0.6 is 11.6 Å². The largest absolute Gasteiger partial charge is 0.364 e. The minimum Gasteiger partial charge on any atom is -0.364 e. The number of hydrogen-bond acceptors (Lipinski definition) is 4. The Labute approximate surface area is 155 Å². The van der Waals surface area contributed by atoms with Crippen LogP contribution in [0, 0.1) is 19.7 Å². The van der Waals surface area contributed by atoms with Crippen LogP contribution in [0.5, 0.6) is 0 Å². The molecule has 3 rings (SSSR count). The second-order valence-corrected chi connectivity index (χ2v) is 6.66. The minimum absolute atomic E-state index is 0.0821. The average molecular weight is 380 g/mol. The molecule has 0 amide bonds. The summed E-state index contributed by atoms with van der Waals surface area (Å²) in [4.78, 5) is 8.01. The van der Waals surface area contributed by atoms with E-state index in [9.17, 15) is 8.78 Å². The zero-order valence-corrected chi connectivity index (χ0v) is 15.6. The van der Waals surface area contributed by atoms with E-state index in [1.165, 1.54) is 12.4 Å². The molecule has 138 valence electrons. The summed E-state index contributed by atoms with van der Waals surface area (Å²) in [5.74, 6) is 0.124. The first-order valence-corrected chi connectivity index (χ1v) is 8.77. The summed E-state index contributed by atoms with van der Waals surface area (Å²) in [6.07, 6.45) is 2.87. The SMILES string of the molecule is Cc1c(CCC(C)F)c(C)n2nc(Cl)nc(NCc3ccncc3F)c12. The first kappa shape index (κ1) is 18.5. The van der Waals surface area contributed by atoms with Gasteiger partial charge in [-0.1, -0.05) is 0 Å². The third-order valence-electron chi connectivity index (χ3n) is 4.48. The fourth-order valence-corrected chi connectivity index (χ4v) is 3.24. The number of anilines is 1. The van der Waals surface area contributed by atoms with Crippen molar-refractivity contribution in [2.24, 2.45) is 0 Å². The van der Waals surface area contributed by atoms with Crippen LogP contribution in [0.1, 0.15) is 35.7 Å². The van der Waals surface area contributed by atoms with Crippen LogP contribution < -0.4 is 5.32 Å². The van der Waals surface area contributed by atoms with Crippen molar-refractivity contribution >= 4 is 22.9 Å². The predicted octanol–water partition coefficient (Wildman–Crippen LogP) is 4.44. The van der Waals surface area contributed by atoms with Crippen LogP contribution in [0.15, 0.2) is 18.5 Å². The molecule has 0 bridgehead atoms. The van der Waals surface area contributed by atoms with E-state index in [-0.39, 0.29) is 11.8 Å². The molecular weight excluding hydrogens is 360 g/mol. The van der Waals surface area contributed by atoms with Crippen molar-refractivity contribution in [1.82, 2.24) is 19.6 Å². The normalized spacial score (nSPS) is 12.5. The highest BCUT2D eigenvalue weighted by atomic mass is 35.5. The lowest BCUT2D eigenvalue weighted by Gasteiger charge is -2.09. The first-order valence-electron chi connectivity index (χ1n) is 8.39. The minimum atomic E-state index is -0.876. The van der Waals surface area contributed by atoms with Crippen LogP contribution in [-0.2, 0) is 13.0 Å². The van der Waals surface area contributed by atoms with Gasteiger partial charge >= 0.3 is 0 Å². The fraction of sp³-hybridized carbons (Fsp3) is 0.389. The Hall–Kier alpha value is -2.28. The second-order valence-electron chi connectivity index (χ2n) is 6.32. The topological polar surface area (TPSA) is 55.1 Å². The number of hydrogen-bond donors (Lipinski definition) is 1. The highest BCUT2D eigenvalue weighted by Crippen LogP contribution is 2.29. The van der Waals surface area contributed by atoms with Gasteiger partial charge in [-0.25, -0.2) is 13.3 Å². The molecule has 8 heteroatoms. The quantitative estimate of drug-likeness (QED) is 0.688. The van der Waals surface area contributed by atoms with Gasteiger partial charge in [0.25, 0.3) is 0 Å². The van der Waals surface area contributed by atoms with Gasteiger partial charge in [0, 0.05) is 24.0 Å². The summed E-state index contributed by atoms with van der Waals surface area (Å²) < 4.78 is 28.8. The van der Waals surface area contributed by atoms with Crippen molar-refractivity contribution < 1.29 is 8.78 Å². The van der Waals surface area contributed by atoms with E-state index in [0.717, 1.165) is 22.3 Å². The highest BCUT2D eigenvalue weighted by Gasteiger charge is 2.19. The number of alkyl halides is 1. The summed E-state index contributed by atoms with van der Waals surface area (Å²) in [5.41, 5.74) is 4.14. The van der Waals surface area contributed by atoms with Gasteiger partial charge in [0.15, 0.2) is 5.82 Å². The third kappa shape index (κ3) is 3.62. The van der Waals surface area contributed by atoms with Crippen LogP contribution in [0.4, 0.5) is 14.6 Å². The summed E-state index contributed by atoms with van der Waals surface area (Å²) in [6, 6.07) is 1.60. The molecule has 3 aromatic rings. The molecule has 0 aliphatic carbocycles. The number of fused-ring (bicyclic) bond motifs is 1. The van der Waals surface area contributed by atoms with Crippen molar-refractivity contribution in [1.29, 1.82) is 0 Å². The molecule has 0 spiro atoms. The molecule has 3 aromatic heterocycles. The summed E-state index contributed by atoms with van der Waals surface area (Å²) in [6.45, 7) is 5.66. The molecule has 3 heterocycles. The zero-order valence-electron chi connectivity index (χ0n) is 14.9. The van der Waals surface area contributed by atoms with Crippen LogP contribution in [0.25, 0.3) is 5.52 Å². The van der Waals surface area contributed by atoms with E-state index in [2.05, 4.69) is 20.4 Å². The Bertz CT molecular complexity index is 939. The molecule has 5 nitrogen and oxygen atoms in total. The molecule has 1 N–H and O–H groups in total. The monoisotopic (exact) mass is 379 g/mol. The molecule has 1 atom stereocenters. The second kappa shape index (κ2) is 7.53. The Morgan fingerprint density at radius 1 is 1.35 bits per heavy atom. The maximum absolute atomic E-state index is 13.8. The van der Waals surface area contributed by atoms with Crippen molar-refractivity contribution in [3.63, 3.8) is 0 Å². The van der Waals surface area contributed by atoms with Gasteiger partial charge in [0.1, 0.15) is 11.3 Å². The third-order valence-corrected chi connectivity index (χ3v) is 4.64. The average Bonchev–Trinajstić information content (AvgIpc) is 2.82. The maximum atomic E-state index is 13.8. The van der Waals surface area contributed by atoms with Gasteiger partial charge in [-0.3, -0.25) is 4.98 Å². The summed E-state index contributed by atoms with van der Waals surface area (Å²) in [7, 11) is 0. The van der Waals surface area contributed by atoms with Crippen LogP contribution in [-0.4, -0.2) is 25.8 Å². The predicted molar refractivity (Wildman–Crippen MR) is 97.9 cm³/mol. The number of aromatic nitrogens is 4. The Morgan fingerprint density at radius 3 is 2.81 bits per heavy atom. The number of rotatable bonds is 6. The van der Waals surface area contributed by atoms with Gasteiger partial charge < -0.3 is 5.32 Å². The van der Waals surface area contributed by atoms with Crippen molar-refractivity contribution in [2.75, 3.05) is 5.32 Å². The van der Waals surface area contributed by atoms with Gasteiger partial charge in [-0.05, 0) is 62.4 Å². The molecule has 0 saturated carbocycles. The highest BCUT2D eigenvalue weighted by molar-refractivity contribution is 6.28. The number of nitrogens with one attached hydrogen (secondary N) is 1. The number of nitrogens with zero attached hydrogens (tertiary/aromatic N) is 4. The standard InChI is InChI=1S/C18H20ClF2N5/c1-10(20)4-5-14-11(2)16-17(24-18(19)25-26(16)12(14)3)23-8-13-6-7-22-9-15(13)21/h6-7,9-10H,4-5,8H2,1-3H3,(H,23,24,25). The van der Waals surface area contributed by atoms with E-state index in [4.69, 9.17) is 11.6 Å². The van der Waals surface area contributed by atoms with Gasteiger partial charge in [0.2, 0.25) is 5.28 Å². The van der Waals surface area contributed by atoms with E-state index in [1.807, 2.05) is 13.8 Å². The molecule has 0 fully saturated rings. The van der Waals surface area contributed by atoms with Crippen molar-refractivity contribution in [3.8, 4) is 0 Å². The molecule has 0 saturated heterocycles. The Kier molecular flexibility index (Phi) is 5.36. The smallest absolute Gasteiger partial charge is 0.243 e. The number of pyridine rings is 1. The van der Waals surface area contributed by atoms with Gasteiger partial charge in [-0.15, -0.1) is 5.10 Å². The number of halogens is 3. The number of aryl methyl sites for hydroxylation is 2. The first-order chi connectivity index (χ1) is 12.4. The van der Waals surface area contributed by atoms with Crippen molar-refractivity contribution in [2.45, 2.75) is 46.3 Å². The van der Waals surface area contributed by atoms with Gasteiger partial charge in [0.05, 0.1) is 12.4 Å². The molecule has 0 aromatic carbocycles. The van der Waals surface area contributed by atoms with E-state index < -0.39 is 12.0 Å². The molecule has 0 radical (unpaired) electrons. The fourth-order valence-electron chi connectivity index (χ4n) is 3.08. The Morgan fingerprint density at radius 2 is 2.12 bits per heavy atom. The summed E-state index contributed by atoms with van der Waals surface area (Å²) >= 11 is 6.07.